The fraction of sp³-hybridized carbons (Fsp3) is 0.227. The standard InChI is InChI=1S/C22H21N3O2S/c1-24-21(27)18(20(26)23-22(24)28)13-16-9-10-19-17(12-16)8-5-11-25(19)14-15-6-3-2-4-7-15/h2-4,6-7,9-10,12-13H,5,8,11,14H2,1H3,(H,23,26,28). The normalized spacial score (nSPS) is 18.3. The number of benzene rings is 2. The zero-order valence-corrected chi connectivity index (χ0v) is 16.5. The van der Waals surface area contributed by atoms with Gasteiger partial charge in [-0.3, -0.25) is 19.8 Å². The molecule has 2 amide bonds. The molecule has 2 heterocycles. The van der Waals surface area contributed by atoms with Gasteiger partial charge in [-0.1, -0.05) is 36.4 Å². The van der Waals surface area contributed by atoms with Gasteiger partial charge in [0, 0.05) is 25.8 Å². The lowest BCUT2D eigenvalue weighted by atomic mass is 9.97. The molecular formula is C22H21N3O2S. The number of fused-ring (bicyclic) bond motifs is 1. The van der Waals surface area contributed by atoms with Crippen molar-refractivity contribution in [2.45, 2.75) is 19.4 Å². The molecule has 142 valence electrons. The summed E-state index contributed by atoms with van der Waals surface area (Å²) in [7, 11) is 1.56. The van der Waals surface area contributed by atoms with Crippen LogP contribution in [0.15, 0.2) is 54.1 Å². The van der Waals surface area contributed by atoms with E-state index in [4.69, 9.17) is 12.2 Å². The molecule has 4 rings (SSSR count). The van der Waals surface area contributed by atoms with Crippen LogP contribution in [-0.2, 0) is 22.6 Å². The van der Waals surface area contributed by atoms with E-state index in [0.717, 1.165) is 31.5 Å². The predicted molar refractivity (Wildman–Crippen MR) is 114 cm³/mol. The second kappa shape index (κ2) is 7.56. The molecule has 0 aliphatic carbocycles. The van der Waals surface area contributed by atoms with E-state index < -0.39 is 5.91 Å². The number of nitrogens with zero attached hydrogens (tertiary/aromatic N) is 2. The Hall–Kier alpha value is -2.99. The van der Waals surface area contributed by atoms with Crippen molar-refractivity contribution in [3.05, 3.63) is 70.8 Å². The highest BCUT2D eigenvalue weighted by molar-refractivity contribution is 7.80. The van der Waals surface area contributed by atoms with Gasteiger partial charge >= 0.3 is 0 Å². The molecule has 2 aromatic rings. The molecule has 0 saturated carbocycles. The molecule has 0 bridgehead atoms. The van der Waals surface area contributed by atoms with Crippen molar-refractivity contribution in [1.82, 2.24) is 10.2 Å². The summed E-state index contributed by atoms with van der Waals surface area (Å²) in [6, 6.07) is 16.6. The van der Waals surface area contributed by atoms with Gasteiger partial charge in [0.1, 0.15) is 5.57 Å². The Morgan fingerprint density at radius 3 is 2.71 bits per heavy atom. The number of hydrogen-bond acceptors (Lipinski definition) is 4. The molecule has 0 atom stereocenters. The van der Waals surface area contributed by atoms with Gasteiger partial charge in [-0.2, -0.15) is 0 Å². The Bertz CT molecular complexity index is 985. The number of thiocarbonyl (C=S) groups is 1. The number of likely N-dealkylation sites (N-methyl/N-ethyl adjacent to an activating group) is 1. The number of rotatable bonds is 3. The summed E-state index contributed by atoms with van der Waals surface area (Å²) in [4.78, 5) is 28.2. The number of aryl methyl sites for hydroxylation is 1. The first-order chi connectivity index (χ1) is 13.5. The molecule has 0 aromatic heterocycles. The van der Waals surface area contributed by atoms with E-state index in [1.807, 2.05) is 12.1 Å². The van der Waals surface area contributed by atoms with Crippen molar-refractivity contribution in [3.63, 3.8) is 0 Å². The number of amides is 2. The van der Waals surface area contributed by atoms with Crippen LogP contribution in [0, 0.1) is 0 Å². The van der Waals surface area contributed by atoms with Crippen molar-refractivity contribution in [2.75, 3.05) is 18.5 Å². The highest BCUT2D eigenvalue weighted by Crippen LogP contribution is 2.30. The zero-order valence-electron chi connectivity index (χ0n) is 15.6. The predicted octanol–water partition coefficient (Wildman–Crippen LogP) is 2.90. The number of carbonyl (C=O) groups is 2. The second-order valence-corrected chi connectivity index (χ2v) is 7.47. The smallest absolute Gasteiger partial charge is 0.265 e. The number of anilines is 1. The van der Waals surface area contributed by atoms with Crippen LogP contribution in [-0.4, -0.2) is 35.4 Å². The number of hydrogen-bond donors (Lipinski definition) is 1. The monoisotopic (exact) mass is 391 g/mol. The largest absolute Gasteiger partial charge is 0.367 e. The Morgan fingerprint density at radius 1 is 1.14 bits per heavy atom. The highest BCUT2D eigenvalue weighted by Gasteiger charge is 2.30. The van der Waals surface area contributed by atoms with Gasteiger partial charge in [-0.05, 0) is 60.0 Å². The molecule has 1 saturated heterocycles. The molecule has 28 heavy (non-hydrogen) atoms. The van der Waals surface area contributed by atoms with Crippen molar-refractivity contribution in [3.8, 4) is 0 Å². The van der Waals surface area contributed by atoms with Crippen LogP contribution >= 0.6 is 12.2 Å². The lowest BCUT2D eigenvalue weighted by Crippen LogP contribution is -2.52. The molecule has 2 aliphatic heterocycles. The molecule has 1 fully saturated rings. The maximum atomic E-state index is 12.4. The van der Waals surface area contributed by atoms with Crippen LogP contribution in [0.25, 0.3) is 6.08 Å². The summed E-state index contributed by atoms with van der Waals surface area (Å²) in [6.07, 6.45) is 3.71. The quantitative estimate of drug-likeness (QED) is 0.497. The van der Waals surface area contributed by atoms with Gasteiger partial charge in [0.15, 0.2) is 5.11 Å². The molecule has 0 spiro atoms. The second-order valence-electron chi connectivity index (χ2n) is 7.08. The van der Waals surface area contributed by atoms with E-state index in [1.54, 1.807) is 13.1 Å². The average Bonchev–Trinajstić information content (AvgIpc) is 2.70. The first-order valence-corrected chi connectivity index (χ1v) is 9.70. The molecular weight excluding hydrogens is 370 g/mol. The highest BCUT2D eigenvalue weighted by atomic mass is 32.1. The Balaban J connectivity index is 1.61. The van der Waals surface area contributed by atoms with Gasteiger partial charge < -0.3 is 4.90 Å². The zero-order chi connectivity index (χ0) is 19.7. The van der Waals surface area contributed by atoms with E-state index in [1.165, 1.54) is 21.7 Å². The molecule has 0 radical (unpaired) electrons. The molecule has 0 unspecified atom stereocenters. The third-order valence-electron chi connectivity index (χ3n) is 5.15. The van der Waals surface area contributed by atoms with Crippen LogP contribution in [0.1, 0.15) is 23.1 Å². The molecule has 1 N–H and O–H groups in total. The summed E-state index contributed by atoms with van der Waals surface area (Å²) < 4.78 is 0. The van der Waals surface area contributed by atoms with Crippen molar-refractivity contribution < 1.29 is 9.59 Å². The Morgan fingerprint density at radius 2 is 1.93 bits per heavy atom. The van der Waals surface area contributed by atoms with E-state index in [2.05, 4.69) is 46.6 Å². The van der Waals surface area contributed by atoms with Crippen LogP contribution < -0.4 is 10.2 Å². The van der Waals surface area contributed by atoms with E-state index in [-0.39, 0.29) is 16.6 Å². The van der Waals surface area contributed by atoms with Crippen LogP contribution in [0.3, 0.4) is 0 Å². The minimum absolute atomic E-state index is 0.105. The average molecular weight is 391 g/mol. The summed E-state index contributed by atoms with van der Waals surface area (Å²) in [5.41, 5.74) is 4.69. The maximum absolute atomic E-state index is 12.4. The van der Waals surface area contributed by atoms with Crippen molar-refractivity contribution in [2.24, 2.45) is 0 Å². The first-order valence-electron chi connectivity index (χ1n) is 9.30. The number of nitrogens with one attached hydrogen (secondary N) is 1. The fourth-order valence-corrected chi connectivity index (χ4v) is 3.84. The maximum Gasteiger partial charge on any atom is 0.265 e. The molecule has 5 nitrogen and oxygen atoms in total. The first kappa shape index (κ1) is 18.4. The van der Waals surface area contributed by atoms with Crippen molar-refractivity contribution in [1.29, 1.82) is 0 Å². The summed E-state index contributed by atoms with van der Waals surface area (Å²) >= 11 is 4.99. The Kier molecular flexibility index (Phi) is 4.96. The van der Waals surface area contributed by atoms with Gasteiger partial charge in [0.25, 0.3) is 11.8 Å². The van der Waals surface area contributed by atoms with Crippen LogP contribution in [0.2, 0.25) is 0 Å². The lowest BCUT2D eigenvalue weighted by Gasteiger charge is -2.32. The third-order valence-corrected chi connectivity index (χ3v) is 5.53. The lowest BCUT2D eigenvalue weighted by molar-refractivity contribution is -0.128. The fourth-order valence-electron chi connectivity index (χ4n) is 3.67. The van der Waals surface area contributed by atoms with Gasteiger partial charge in [-0.25, -0.2) is 0 Å². The SMILES string of the molecule is CN1C(=O)C(=Cc2ccc3c(c2)CCCN3Cc2ccccc2)C(=O)NC1=S. The van der Waals surface area contributed by atoms with Gasteiger partial charge in [-0.15, -0.1) is 0 Å². The molecule has 2 aliphatic rings. The third kappa shape index (κ3) is 3.55. The van der Waals surface area contributed by atoms with E-state index >= 15 is 0 Å². The molecule has 2 aromatic carbocycles. The minimum Gasteiger partial charge on any atom is -0.367 e. The van der Waals surface area contributed by atoms with Gasteiger partial charge in [0.2, 0.25) is 0 Å². The van der Waals surface area contributed by atoms with E-state index in [9.17, 15) is 9.59 Å². The van der Waals surface area contributed by atoms with Gasteiger partial charge in [0.05, 0.1) is 0 Å². The Labute approximate surface area is 169 Å². The summed E-state index contributed by atoms with van der Waals surface area (Å²) in [6.45, 7) is 1.89. The summed E-state index contributed by atoms with van der Waals surface area (Å²) in [5, 5.41) is 2.68. The van der Waals surface area contributed by atoms with Crippen molar-refractivity contribution >= 4 is 40.9 Å². The number of carbonyl (C=O) groups excluding carboxylic acids is 2. The molecule has 6 heteroatoms. The summed E-state index contributed by atoms with van der Waals surface area (Å²) in [5.74, 6) is -0.825. The topological polar surface area (TPSA) is 52.7 Å². The van der Waals surface area contributed by atoms with E-state index in [0.29, 0.717) is 0 Å². The minimum atomic E-state index is -0.448. The van der Waals surface area contributed by atoms with Crippen LogP contribution in [0.5, 0.6) is 0 Å². The van der Waals surface area contributed by atoms with Crippen LogP contribution in [0.4, 0.5) is 5.69 Å².